The van der Waals surface area contributed by atoms with Crippen LogP contribution in [0.3, 0.4) is 0 Å². The summed E-state index contributed by atoms with van der Waals surface area (Å²) in [6.07, 6.45) is 1.47. The Kier molecular flexibility index (Phi) is 9.33. The standard InChI is InChI=1S/C31H24BrFN2O4/c1-37-30-17-23(6-15-29(30)39-20-22-4-9-26(33)10-5-22)16-24(18-34)31(36)35-27-11-13-28(14-12-27)38-19-21-2-7-25(32)8-3-21/h2-17H,19-20H2,1H3,(H,35,36)/b24-16+. The largest absolute Gasteiger partial charge is 0.493 e. The Morgan fingerprint density at radius 2 is 1.54 bits per heavy atom. The van der Waals surface area contributed by atoms with Gasteiger partial charge in [-0.2, -0.15) is 5.26 Å². The van der Waals surface area contributed by atoms with E-state index in [2.05, 4.69) is 21.2 Å². The molecule has 0 aliphatic carbocycles. The Labute approximate surface area is 234 Å². The molecule has 0 aliphatic rings. The number of hydrogen-bond donors (Lipinski definition) is 1. The van der Waals surface area contributed by atoms with E-state index < -0.39 is 5.91 Å². The Morgan fingerprint density at radius 3 is 2.18 bits per heavy atom. The van der Waals surface area contributed by atoms with Gasteiger partial charge in [-0.3, -0.25) is 4.79 Å². The predicted molar refractivity (Wildman–Crippen MR) is 151 cm³/mol. The average Bonchev–Trinajstić information content (AvgIpc) is 2.96. The van der Waals surface area contributed by atoms with Crippen molar-refractivity contribution in [3.63, 3.8) is 0 Å². The minimum atomic E-state index is -0.545. The molecule has 0 saturated carbocycles. The molecule has 1 amide bonds. The zero-order chi connectivity index (χ0) is 27.6. The zero-order valence-corrected chi connectivity index (χ0v) is 22.6. The number of amides is 1. The van der Waals surface area contributed by atoms with E-state index in [1.807, 2.05) is 30.3 Å². The van der Waals surface area contributed by atoms with E-state index in [0.717, 1.165) is 15.6 Å². The molecule has 4 rings (SSSR count). The molecule has 0 aliphatic heterocycles. The van der Waals surface area contributed by atoms with Crippen LogP contribution in [0.1, 0.15) is 16.7 Å². The maximum atomic E-state index is 13.1. The SMILES string of the molecule is COc1cc(/C=C(\C#N)C(=O)Nc2ccc(OCc3ccc(Br)cc3)cc2)ccc1OCc1ccc(F)cc1. The number of carbonyl (C=O) groups is 1. The van der Waals surface area contributed by atoms with E-state index in [0.29, 0.717) is 35.1 Å². The van der Waals surface area contributed by atoms with Crippen molar-refractivity contribution in [3.05, 3.63) is 124 Å². The van der Waals surface area contributed by atoms with Gasteiger partial charge in [0, 0.05) is 10.2 Å². The first-order valence-electron chi connectivity index (χ1n) is 11.9. The normalized spacial score (nSPS) is 10.9. The number of benzene rings is 4. The lowest BCUT2D eigenvalue weighted by Crippen LogP contribution is -2.13. The number of carbonyl (C=O) groups excluding carboxylic acids is 1. The number of hydrogen-bond acceptors (Lipinski definition) is 5. The first-order chi connectivity index (χ1) is 18.9. The van der Waals surface area contributed by atoms with Gasteiger partial charge in [0.2, 0.25) is 0 Å². The van der Waals surface area contributed by atoms with Crippen LogP contribution in [-0.4, -0.2) is 13.0 Å². The Morgan fingerprint density at radius 1 is 0.897 bits per heavy atom. The molecule has 196 valence electrons. The minimum Gasteiger partial charge on any atom is -0.493 e. The highest BCUT2D eigenvalue weighted by Gasteiger charge is 2.12. The zero-order valence-electron chi connectivity index (χ0n) is 21.0. The molecule has 0 spiro atoms. The molecule has 4 aromatic carbocycles. The monoisotopic (exact) mass is 586 g/mol. The van der Waals surface area contributed by atoms with Crippen LogP contribution in [0.5, 0.6) is 17.2 Å². The fourth-order valence-electron chi connectivity index (χ4n) is 3.53. The summed E-state index contributed by atoms with van der Waals surface area (Å²) >= 11 is 3.41. The number of nitriles is 1. The van der Waals surface area contributed by atoms with Crippen molar-refractivity contribution < 1.29 is 23.4 Å². The molecule has 1 N–H and O–H groups in total. The van der Waals surface area contributed by atoms with Crippen molar-refractivity contribution >= 4 is 33.6 Å². The molecule has 0 radical (unpaired) electrons. The lowest BCUT2D eigenvalue weighted by molar-refractivity contribution is -0.112. The number of halogens is 2. The van der Waals surface area contributed by atoms with Gasteiger partial charge in [0.05, 0.1) is 7.11 Å². The van der Waals surface area contributed by atoms with E-state index >= 15 is 0 Å². The Hall–Kier alpha value is -4.61. The fourth-order valence-corrected chi connectivity index (χ4v) is 3.79. The average molecular weight is 587 g/mol. The fraction of sp³-hybridized carbons (Fsp3) is 0.0968. The van der Waals surface area contributed by atoms with E-state index in [1.165, 1.54) is 25.3 Å². The highest BCUT2D eigenvalue weighted by Crippen LogP contribution is 2.30. The first-order valence-corrected chi connectivity index (χ1v) is 12.7. The number of ether oxygens (including phenoxy) is 3. The highest BCUT2D eigenvalue weighted by molar-refractivity contribution is 9.10. The second-order valence-corrected chi connectivity index (χ2v) is 9.30. The Balaban J connectivity index is 1.37. The molecular weight excluding hydrogens is 563 g/mol. The Bertz CT molecular complexity index is 1500. The van der Waals surface area contributed by atoms with Crippen molar-refractivity contribution in [2.24, 2.45) is 0 Å². The third-order valence-corrected chi connectivity index (χ3v) is 6.13. The van der Waals surface area contributed by atoms with E-state index in [9.17, 15) is 14.4 Å². The summed E-state index contributed by atoms with van der Waals surface area (Å²) in [7, 11) is 1.50. The summed E-state index contributed by atoms with van der Waals surface area (Å²) < 4.78 is 31.1. The van der Waals surface area contributed by atoms with E-state index in [4.69, 9.17) is 14.2 Å². The van der Waals surface area contributed by atoms with Gasteiger partial charge < -0.3 is 19.5 Å². The molecule has 8 heteroatoms. The molecule has 0 fully saturated rings. The highest BCUT2D eigenvalue weighted by atomic mass is 79.9. The van der Waals surface area contributed by atoms with Crippen LogP contribution in [0.25, 0.3) is 6.08 Å². The van der Waals surface area contributed by atoms with Gasteiger partial charge in [0.15, 0.2) is 11.5 Å². The molecule has 0 unspecified atom stereocenters. The number of rotatable bonds is 10. The maximum Gasteiger partial charge on any atom is 0.266 e. The van der Waals surface area contributed by atoms with Crippen LogP contribution in [0.15, 0.2) is 101 Å². The van der Waals surface area contributed by atoms with Gasteiger partial charge in [-0.25, -0.2) is 4.39 Å². The summed E-state index contributed by atoms with van der Waals surface area (Å²) in [4.78, 5) is 12.8. The van der Waals surface area contributed by atoms with Crippen molar-refractivity contribution in [2.75, 3.05) is 12.4 Å². The minimum absolute atomic E-state index is 0.0763. The van der Waals surface area contributed by atoms with Gasteiger partial charge >= 0.3 is 0 Å². The predicted octanol–water partition coefficient (Wildman–Crippen LogP) is 7.30. The number of nitrogens with zero attached hydrogens (tertiary/aromatic N) is 1. The van der Waals surface area contributed by atoms with Crippen LogP contribution in [0.2, 0.25) is 0 Å². The molecule has 0 aromatic heterocycles. The third kappa shape index (κ3) is 7.94. The third-order valence-electron chi connectivity index (χ3n) is 5.60. The van der Waals surface area contributed by atoms with Crippen LogP contribution in [-0.2, 0) is 18.0 Å². The summed E-state index contributed by atoms with van der Waals surface area (Å²) in [6, 6.07) is 27.8. The maximum absolute atomic E-state index is 13.1. The van der Waals surface area contributed by atoms with Crippen LogP contribution in [0, 0.1) is 17.1 Å². The molecule has 0 saturated heterocycles. The number of methoxy groups -OCH3 is 1. The van der Waals surface area contributed by atoms with Crippen LogP contribution in [0.4, 0.5) is 10.1 Å². The molecule has 6 nitrogen and oxygen atoms in total. The van der Waals surface area contributed by atoms with Crippen molar-refractivity contribution in [1.82, 2.24) is 0 Å². The molecule has 0 bridgehead atoms. The van der Waals surface area contributed by atoms with Gasteiger partial charge in [-0.15, -0.1) is 0 Å². The lowest BCUT2D eigenvalue weighted by atomic mass is 10.1. The second-order valence-electron chi connectivity index (χ2n) is 8.39. The summed E-state index contributed by atoms with van der Waals surface area (Å²) in [5.41, 5.74) is 2.87. The van der Waals surface area contributed by atoms with Crippen molar-refractivity contribution in [3.8, 4) is 23.3 Å². The number of anilines is 1. The molecule has 39 heavy (non-hydrogen) atoms. The van der Waals surface area contributed by atoms with Gasteiger partial charge in [0.25, 0.3) is 5.91 Å². The van der Waals surface area contributed by atoms with Crippen LogP contribution >= 0.6 is 15.9 Å². The summed E-state index contributed by atoms with van der Waals surface area (Å²) in [5.74, 6) is 0.701. The second kappa shape index (κ2) is 13.3. The lowest BCUT2D eigenvalue weighted by Gasteiger charge is -2.12. The molecule has 0 atom stereocenters. The van der Waals surface area contributed by atoms with Crippen molar-refractivity contribution in [2.45, 2.75) is 13.2 Å². The smallest absolute Gasteiger partial charge is 0.266 e. The van der Waals surface area contributed by atoms with E-state index in [-0.39, 0.29) is 18.0 Å². The van der Waals surface area contributed by atoms with Gasteiger partial charge in [0.1, 0.15) is 36.4 Å². The summed E-state index contributed by atoms with van der Waals surface area (Å²) in [6.45, 7) is 0.644. The summed E-state index contributed by atoms with van der Waals surface area (Å²) in [5, 5.41) is 12.3. The molecule has 0 heterocycles. The molecule has 4 aromatic rings. The first kappa shape index (κ1) is 27.4. The number of nitrogens with one attached hydrogen (secondary N) is 1. The molecular formula is C31H24BrFN2O4. The van der Waals surface area contributed by atoms with E-state index in [1.54, 1.807) is 54.6 Å². The quantitative estimate of drug-likeness (QED) is 0.156. The van der Waals surface area contributed by atoms with Crippen LogP contribution < -0.4 is 19.5 Å². The topological polar surface area (TPSA) is 80.6 Å². The van der Waals surface area contributed by atoms with Crippen molar-refractivity contribution in [1.29, 1.82) is 5.26 Å². The van der Waals surface area contributed by atoms with Gasteiger partial charge in [-0.1, -0.05) is 46.3 Å². The van der Waals surface area contributed by atoms with Gasteiger partial charge in [-0.05, 0) is 83.4 Å².